The summed E-state index contributed by atoms with van der Waals surface area (Å²) in [5.41, 5.74) is 5.91. The van der Waals surface area contributed by atoms with Gasteiger partial charge in [0.1, 0.15) is 17.4 Å². The molecule has 7 heteroatoms. The molecule has 4 N–H and O–H groups in total. The maximum atomic E-state index is 6.10. The Morgan fingerprint density at radius 3 is 2.83 bits per heavy atom. The van der Waals surface area contributed by atoms with E-state index in [2.05, 4.69) is 27.5 Å². The summed E-state index contributed by atoms with van der Waals surface area (Å²) < 4.78 is 6.10. The van der Waals surface area contributed by atoms with Gasteiger partial charge in [-0.05, 0) is 33.4 Å². The zero-order valence-electron chi connectivity index (χ0n) is 13.9. The van der Waals surface area contributed by atoms with Crippen LogP contribution in [0.25, 0.3) is 0 Å². The number of nitrogens with zero attached hydrogens (tertiary/aromatic N) is 2. The van der Waals surface area contributed by atoms with Crippen LogP contribution in [0, 0.1) is 6.92 Å². The maximum Gasteiger partial charge on any atom is 0.188 e. The third-order valence-electron chi connectivity index (χ3n) is 3.30. The van der Waals surface area contributed by atoms with Gasteiger partial charge in [0, 0.05) is 23.2 Å². The first kappa shape index (κ1) is 17.5. The third kappa shape index (κ3) is 5.69. The first-order chi connectivity index (χ1) is 11.1. The summed E-state index contributed by atoms with van der Waals surface area (Å²) in [6.07, 6.45) is 5.05. The highest BCUT2D eigenvalue weighted by Gasteiger charge is 2.11. The Morgan fingerprint density at radius 2 is 2.17 bits per heavy atom. The van der Waals surface area contributed by atoms with Gasteiger partial charge in [-0.2, -0.15) is 0 Å². The number of rotatable bonds is 9. The van der Waals surface area contributed by atoms with Crippen molar-refractivity contribution in [2.75, 3.05) is 24.6 Å². The van der Waals surface area contributed by atoms with Crippen molar-refractivity contribution in [1.29, 1.82) is 0 Å². The average Bonchev–Trinajstić information content (AvgIpc) is 2.89. The molecule has 0 amide bonds. The second kappa shape index (κ2) is 8.69. The fraction of sp³-hybridized carbons (Fsp3) is 0.500. The predicted octanol–water partition coefficient (Wildman–Crippen LogP) is 3.33. The molecule has 2 heterocycles. The first-order valence-corrected chi connectivity index (χ1v) is 8.70. The van der Waals surface area contributed by atoms with E-state index in [-0.39, 0.29) is 6.10 Å². The van der Waals surface area contributed by atoms with Gasteiger partial charge in [-0.25, -0.2) is 9.97 Å². The SMILES string of the molecule is CCCC(CCNC)Oc1cc(N)nc(Nc2ncc(C)s2)c1. The van der Waals surface area contributed by atoms with Crippen LogP contribution >= 0.6 is 11.3 Å². The fourth-order valence-electron chi connectivity index (χ4n) is 2.26. The summed E-state index contributed by atoms with van der Waals surface area (Å²) in [5, 5.41) is 7.14. The number of hydrogen-bond donors (Lipinski definition) is 3. The summed E-state index contributed by atoms with van der Waals surface area (Å²) in [4.78, 5) is 9.72. The quantitative estimate of drug-likeness (QED) is 0.652. The molecule has 0 aliphatic rings. The Morgan fingerprint density at radius 1 is 1.35 bits per heavy atom. The van der Waals surface area contributed by atoms with Gasteiger partial charge in [-0.3, -0.25) is 0 Å². The molecule has 0 bridgehead atoms. The van der Waals surface area contributed by atoms with Gasteiger partial charge in [0.2, 0.25) is 0 Å². The van der Waals surface area contributed by atoms with Crippen LogP contribution in [-0.4, -0.2) is 29.7 Å². The summed E-state index contributed by atoms with van der Waals surface area (Å²) in [5.74, 6) is 1.82. The maximum absolute atomic E-state index is 6.10. The molecule has 2 aromatic heterocycles. The summed E-state index contributed by atoms with van der Waals surface area (Å²) >= 11 is 1.58. The van der Waals surface area contributed by atoms with Crippen LogP contribution < -0.4 is 21.1 Å². The monoisotopic (exact) mass is 335 g/mol. The molecular formula is C16H25N5OS. The van der Waals surface area contributed by atoms with Crippen LogP contribution in [0.15, 0.2) is 18.3 Å². The standard InChI is InChI=1S/C16H25N5OS/c1-4-5-12(6-7-18-3)22-13-8-14(17)20-15(9-13)21-16-19-10-11(2)23-16/h8-10,12,18H,4-7H2,1-3H3,(H3,17,19,20,21). The highest BCUT2D eigenvalue weighted by atomic mass is 32.1. The highest BCUT2D eigenvalue weighted by Crippen LogP contribution is 2.26. The van der Waals surface area contributed by atoms with Gasteiger partial charge in [0.15, 0.2) is 5.13 Å². The Hall–Kier alpha value is -1.86. The highest BCUT2D eigenvalue weighted by molar-refractivity contribution is 7.15. The number of thiazole rings is 1. The van der Waals surface area contributed by atoms with E-state index < -0.39 is 0 Å². The molecule has 0 aromatic carbocycles. The number of nitrogens with one attached hydrogen (secondary N) is 2. The van der Waals surface area contributed by atoms with E-state index in [1.165, 1.54) is 0 Å². The molecule has 0 spiro atoms. The lowest BCUT2D eigenvalue weighted by atomic mass is 10.1. The van der Waals surface area contributed by atoms with Crippen LogP contribution in [0.2, 0.25) is 0 Å². The zero-order valence-corrected chi connectivity index (χ0v) is 14.7. The van der Waals surface area contributed by atoms with Crippen molar-refractivity contribution in [3.8, 4) is 5.75 Å². The van der Waals surface area contributed by atoms with Crippen molar-refractivity contribution < 1.29 is 4.74 Å². The Labute approximate surface area is 141 Å². The van der Waals surface area contributed by atoms with Crippen LogP contribution in [-0.2, 0) is 0 Å². The normalized spacial score (nSPS) is 12.1. The van der Waals surface area contributed by atoms with Crippen LogP contribution in [0.5, 0.6) is 5.75 Å². The van der Waals surface area contributed by atoms with E-state index in [9.17, 15) is 0 Å². The lowest BCUT2D eigenvalue weighted by molar-refractivity contribution is 0.180. The van der Waals surface area contributed by atoms with Crippen LogP contribution in [0.1, 0.15) is 31.1 Å². The average molecular weight is 335 g/mol. The van der Waals surface area contributed by atoms with E-state index in [1.807, 2.05) is 26.2 Å². The number of anilines is 3. The minimum atomic E-state index is 0.171. The van der Waals surface area contributed by atoms with E-state index in [0.29, 0.717) is 11.6 Å². The minimum Gasteiger partial charge on any atom is -0.490 e. The fourth-order valence-corrected chi connectivity index (χ4v) is 2.93. The van der Waals surface area contributed by atoms with Crippen molar-refractivity contribution in [3.63, 3.8) is 0 Å². The van der Waals surface area contributed by atoms with Crippen molar-refractivity contribution in [2.24, 2.45) is 0 Å². The number of nitrogens with two attached hydrogens (primary N) is 1. The molecule has 2 rings (SSSR count). The zero-order chi connectivity index (χ0) is 16.7. The van der Waals surface area contributed by atoms with Crippen LogP contribution in [0.4, 0.5) is 16.8 Å². The molecule has 0 aliphatic heterocycles. The Bertz CT molecular complexity index is 616. The van der Waals surface area contributed by atoms with Crippen molar-refractivity contribution in [1.82, 2.24) is 15.3 Å². The van der Waals surface area contributed by atoms with Gasteiger partial charge in [-0.15, -0.1) is 11.3 Å². The van der Waals surface area contributed by atoms with Gasteiger partial charge in [0.25, 0.3) is 0 Å². The summed E-state index contributed by atoms with van der Waals surface area (Å²) in [6, 6.07) is 3.63. The molecule has 6 nitrogen and oxygen atoms in total. The lowest BCUT2D eigenvalue weighted by Gasteiger charge is -2.19. The summed E-state index contributed by atoms with van der Waals surface area (Å²) in [7, 11) is 1.95. The molecule has 2 aromatic rings. The van der Waals surface area contributed by atoms with E-state index in [4.69, 9.17) is 10.5 Å². The number of aromatic nitrogens is 2. The number of pyridine rings is 1. The predicted molar refractivity (Wildman–Crippen MR) is 96.7 cm³/mol. The second-order valence-corrected chi connectivity index (χ2v) is 6.67. The van der Waals surface area contributed by atoms with Gasteiger partial charge >= 0.3 is 0 Å². The largest absolute Gasteiger partial charge is 0.490 e. The molecule has 126 valence electrons. The molecule has 0 saturated carbocycles. The van der Waals surface area contributed by atoms with Crippen molar-refractivity contribution in [3.05, 3.63) is 23.2 Å². The topological polar surface area (TPSA) is 85.1 Å². The smallest absolute Gasteiger partial charge is 0.188 e. The molecule has 0 fully saturated rings. The third-order valence-corrected chi connectivity index (χ3v) is 4.13. The van der Waals surface area contributed by atoms with Crippen LogP contribution in [0.3, 0.4) is 0 Å². The van der Waals surface area contributed by atoms with Gasteiger partial charge in [0.05, 0.1) is 6.10 Å². The number of ether oxygens (including phenoxy) is 1. The second-order valence-electron chi connectivity index (χ2n) is 5.43. The molecule has 0 radical (unpaired) electrons. The van der Waals surface area contributed by atoms with Gasteiger partial charge in [-0.1, -0.05) is 13.3 Å². The molecule has 0 saturated heterocycles. The molecule has 1 atom stereocenters. The Kier molecular flexibility index (Phi) is 6.61. The van der Waals surface area contributed by atoms with Gasteiger partial charge < -0.3 is 21.1 Å². The lowest BCUT2D eigenvalue weighted by Crippen LogP contribution is -2.22. The minimum absolute atomic E-state index is 0.171. The number of aryl methyl sites for hydroxylation is 1. The molecular weight excluding hydrogens is 310 g/mol. The number of nitrogen functional groups attached to an aromatic ring is 1. The molecule has 0 aliphatic carbocycles. The molecule has 1 unspecified atom stereocenters. The van der Waals surface area contributed by atoms with E-state index in [1.54, 1.807) is 17.4 Å². The number of hydrogen-bond acceptors (Lipinski definition) is 7. The van der Waals surface area contributed by atoms with Crippen molar-refractivity contribution in [2.45, 2.75) is 39.2 Å². The van der Waals surface area contributed by atoms with Crippen molar-refractivity contribution >= 4 is 28.1 Å². The Balaban J connectivity index is 2.08. The van der Waals surface area contributed by atoms with E-state index >= 15 is 0 Å². The van der Waals surface area contributed by atoms with E-state index in [0.717, 1.165) is 41.6 Å². The molecule has 23 heavy (non-hydrogen) atoms. The first-order valence-electron chi connectivity index (χ1n) is 7.89. The summed E-state index contributed by atoms with van der Waals surface area (Å²) in [6.45, 7) is 5.10.